The molecule has 0 radical (unpaired) electrons. The van der Waals surface area contributed by atoms with Crippen molar-refractivity contribution < 1.29 is 77.5 Å². The first-order valence-electron chi connectivity index (χ1n) is 20.1. The van der Waals surface area contributed by atoms with Crippen LogP contribution in [0, 0.1) is 0 Å². The molecule has 0 spiro atoms. The van der Waals surface area contributed by atoms with Crippen LogP contribution in [0.15, 0.2) is 18.2 Å². The van der Waals surface area contributed by atoms with Gasteiger partial charge in [0.25, 0.3) is 0 Å². The molecule has 8 rings (SSSR count). The Labute approximate surface area is 340 Å². The van der Waals surface area contributed by atoms with E-state index in [1.165, 1.54) is 18.2 Å². The van der Waals surface area contributed by atoms with Crippen molar-refractivity contribution in [2.45, 2.75) is 145 Å². The molecule has 4 heterocycles. The molecule has 4 aliphatic heterocycles. The molecule has 14 atom stereocenters. The summed E-state index contributed by atoms with van der Waals surface area (Å²) >= 11 is 0. The second kappa shape index (κ2) is 15.5. The number of esters is 1. The molecular formula is C42H51NO16. The Balaban J connectivity index is 1.08. The summed E-state index contributed by atoms with van der Waals surface area (Å²) in [7, 11) is 4.85. The van der Waals surface area contributed by atoms with E-state index in [9.17, 15) is 39.6 Å². The maximum absolute atomic E-state index is 14.0. The predicted octanol–water partition coefficient (Wildman–Crippen LogP) is 2.88. The molecule has 6 aliphatic rings. The molecule has 4 fully saturated rings. The van der Waals surface area contributed by atoms with Gasteiger partial charge >= 0.3 is 5.97 Å². The van der Waals surface area contributed by atoms with Gasteiger partial charge in [-0.2, -0.15) is 0 Å². The third-order valence-corrected chi connectivity index (χ3v) is 12.9. The first-order valence-corrected chi connectivity index (χ1v) is 20.1. The highest BCUT2D eigenvalue weighted by atomic mass is 16.8. The highest BCUT2D eigenvalue weighted by Crippen LogP contribution is 2.57. The number of hydrogen-bond acceptors (Lipinski definition) is 17. The van der Waals surface area contributed by atoms with Crippen molar-refractivity contribution in [3.63, 3.8) is 0 Å². The normalized spacial score (nSPS) is 37.8. The van der Waals surface area contributed by atoms with Gasteiger partial charge in [0.15, 0.2) is 30.4 Å². The Bertz CT molecular complexity index is 2050. The minimum absolute atomic E-state index is 0.0363. The summed E-state index contributed by atoms with van der Waals surface area (Å²) in [6, 6.07) is 3.55. The Morgan fingerprint density at radius 2 is 1.53 bits per heavy atom. The van der Waals surface area contributed by atoms with Crippen LogP contribution in [0.5, 0.6) is 17.2 Å². The van der Waals surface area contributed by atoms with Crippen LogP contribution in [0.3, 0.4) is 0 Å². The Kier molecular flexibility index (Phi) is 10.9. The topological polar surface area (TPSA) is 226 Å². The summed E-state index contributed by atoms with van der Waals surface area (Å²) in [6.45, 7) is 7.00. The van der Waals surface area contributed by atoms with Crippen LogP contribution in [-0.2, 0) is 47.5 Å². The summed E-state index contributed by atoms with van der Waals surface area (Å²) in [5, 5.41) is 46.7. The largest absolute Gasteiger partial charge is 0.507 e. The first-order chi connectivity index (χ1) is 28.0. The van der Waals surface area contributed by atoms with E-state index in [-0.39, 0.29) is 59.8 Å². The van der Waals surface area contributed by atoms with Crippen molar-refractivity contribution in [2.75, 3.05) is 21.2 Å². The zero-order valence-electron chi connectivity index (χ0n) is 33.9. The van der Waals surface area contributed by atoms with E-state index in [2.05, 4.69) is 0 Å². The monoisotopic (exact) mass is 825 g/mol. The number of hydrogen-bond donors (Lipinski definition) is 4. The van der Waals surface area contributed by atoms with Crippen molar-refractivity contribution in [1.29, 1.82) is 0 Å². The van der Waals surface area contributed by atoms with Gasteiger partial charge in [-0.3, -0.25) is 19.2 Å². The van der Waals surface area contributed by atoms with Crippen LogP contribution in [-0.4, -0.2) is 143 Å². The second-order valence-electron chi connectivity index (χ2n) is 16.7. The van der Waals surface area contributed by atoms with Gasteiger partial charge in [-0.15, -0.1) is 0 Å². The molecule has 0 saturated carbocycles. The summed E-state index contributed by atoms with van der Waals surface area (Å²) in [4.78, 5) is 55.7. The van der Waals surface area contributed by atoms with E-state index in [0.29, 0.717) is 6.42 Å². The number of aliphatic hydroxyl groups is 1. The van der Waals surface area contributed by atoms with Crippen LogP contribution in [0.25, 0.3) is 0 Å². The van der Waals surface area contributed by atoms with Crippen molar-refractivity contribution in [2.24, 2.45) is 0 Å². The molecule has 0 bridgehead atoms. The van der Waals surface area contributed by atoms with Crippen molar-refractivity contribution in [3.05, 3.63) is 51.6 Å². The fraction of sp³-hybridized carbons (Fsp3) is 0.619. The summed E-state index contributed by atoms with van der Waals surface area (Å²) in [6.07, 6.45) is -6.94. The zero-order chi connectivity index (χ0) is 42.4. The third-order valence-electron chi connectivity index (χ3n) is 12.9. The maximum atomic E-state index is 14.0. The molecule has 4 N–H and O–H groups in total. The highest BCUT2D eigenvalue weighted by molar-refractivity contribution is 6.31. The van der Waals surface area contributed by atoms with Gasteiger partial charge in [-0.25, -0.2) is 0 Å². The van der Waals surface area contributed by atoms with E-state index < -0.39 is 125 Å². The lowest BCUT2D eigenvalue weighted by Gasteiger charge is -2.51. The maximum Gasteiger partial charge on any atom is 0.316 e. The number of ether oxygens (including phenoxy) is 8. The predicted molar refractivity (Wildman–Crippen MR) is 201 cm³/mol. The van der Waals surface area contributed by atoms with E-state index in [1.807, 2.05) is 25.9 Å². The minimum Gasteiger partial charge on any atom is -0.507 e. The standard InChI is InChI=1S/C42H51NO16/c1-8-42(51)15-25(29-30(33(42)40(50)52-7)37(49)31-32(36(29)48)35(47)28-19(34(31)46)10-9-11-21(28)44)57-26-12-20(43(5)6)38(17(3)53-26)58-27-14-23-39(18(4)54-27)59-41-24(56-23)13-22(45)16(2)55-41/h9-11,16-18,20,23-27,33,38-39,41,44,48-49,51H,8,12-15H2,1-7H3. The fourth-order valence-electron chi connectivity index (χ4n) is 9.80. The number of aromatic hydroxyl groups is 3. The number of fused-ring (bicyclic) bond motifs is 5. The number of phenols is 3. The number of ketones is 3. The fourth-order valence-corrected chi connectivity index (χ4v) is 9.80. The molecule has 17 nitrogen and oxygen atoms in total. The number of benzene rings is 2. The third kappa shape index (κ3) is 6.84. The molecule has 17 heteroatoms. The smallest absolute Gasteiger partial charge is 0.316 e. The highest BCUT2D eigenvalue weighted by Gasteiger charge is 2.56. The molecule has 14 unspecified atom stereocenters. The van der Waals surface area contributed by atoms with Crippen LogP contribution < -0.4 is 0 Å². The van der Waals surface area contributed by atoms with Gasteiger partial charge in [0.05, 0.1) is 53.8 Å². The number of carbonyl (C=O) groups is 4. The van der Waals surface area contributed by atoms with Crippen LogP contribution in [0.4, 0.5) is 0 Å². The SMILES string of the molecule is CCC1(O)CC(OC2CC(N(C)C)C(OC3CC4OC5CC(=O)C(C)OC5OC4C(C)O3)C(C)O2)c2c(O)c3c(c(O)c2C1C(=O)OC)C(=O)c1cccc(O)c1C3=O. The lowest BCUT2D eigenvalue weighted by molar-refractivity contribution is -0.371. The number of methoxy groups -OCH3 is 1. The molecule has 4 saturated heterocycles. The van der Waals surface area contributed by atoms with Crippen LogP contribution in [0.1, 0.15) is 115 Å². The van der Waals surface area contributed by atoms with E-state index in [4.69, 9.17) is 37.9 Å². The van der Waals surface area contributed by atoms with Gasteiger partial charge in [0, 0.05) is 48.4 Å². The number of Topliss-reactive ketones (excluding diaryl/α,β-unsaturated/α-hetero) is 1. The quantitative estimate of drug-likeness (QED) is 0.198. The van der Waals surface area contributed by atoms with Crippen LogP contribution >= 0.6 is 0 Å². The molecule has 2 aromatic rings. The average molecular weight is 826 g/mol. The van der Waals surface area contributed by atoms with Gasteiger partial charge in [-0.05, 0) is 47.4 Å². The zero-order valence-corrected chi connectivity index (χ0v) is 33.9. The molecule has 2 aliphatic carbocycles. The van der Waals surface area contributed by atoms with Crippen molar-refractivity contribution in [3.8, 4) is 17.2 Å². The molecule has 320 valence electrons. The molecule has 0 amide bonds. The number of carbonyl (C=O) groups excluding carboxylic acids is 4. The molecule has 59 heavy (non-hydrogen) atoms. The van der Waals surface area contributed by atoms with Crippen molar-refractivity contribution in [1.82, 2.24) is 4.90 Å². The van der Waals surface area contributed by atoms with Crippen LogP contribution in [0.2, 0.25) is 0 Å². The van der Waals surface area contributed by atoms with Gasteiger partial charge in [0.2, 0.25) is 5.78 Å². The van der Waals surface area contributed by atoms with E-state index in [1.54, 1.807) is 20.8 Å². The number of likely N-dealkylation sites (N-methyl/N-ethyl adjacent to an activating group) is 1. The van der Waals surface area contributed by atoms with Gasteiger partial charge in [0.1, 0.15) is 47.6 Å². The number of nitrogens with zero attached hydrogens (tertiary/aromatic N) is 1. The van der Waals surface area contributed by atoms with Gasteiger partial charge in [-0.1, -0.05) is 19.1 Å². The summed E-state index contributed by atoms with van der Waals surface area (Å²) in [5.41, 5.74) is -4.11. The van der Waals surface area contributed by atoms with Gasteiger partial charge < -0.3 is 63.2 Å². The molecule has 0 aromatic heterocycles. The lowest BCUT2D eigenvalue weighted by atomic mass is 9.66. The van der Waals surface area contributed by atoms with E-state index >= 15 is 0 Å². The Hall–Kier alpha value is -4.04. The summed E-state index contributed by atoms with van der Waals surface area (Å²) < 4.78 is 49.4. The minimum atomic E-state index is -1.92. The summed E-state index contributed by atoms with van der Waals surface area (Å²) in [5.74, 6) is -6.42. The second-order valence-corrected chi connectivity index (χ2v) is 16.7. The number of rotatable bonds is 7. The Morgan fingerprint density at radius 3 is 2.22 bits per heavy atom. The Morgan fingerprint density at radius 1 is 0.847 bits per heavy atom. The molecule has 2 aromatic carbocycles. The average Bonchev–Trinajstić information content (AvgIpc) is 3.18. The van der Waals surface area contributed by atoms with Crippen molar-refractivity contribution >= 4 is 23.3 Å². The van der Waals surface area contributed by atoms with E-state index in [0.717, 1.165) is 7.11 Å². The number of phenolic OH excluding ortho intramolecular Hbond substituents is 3. The first kappa shape index (κ1) is 41.7. The molecular weight excluding hydrogens is 774 g/mol. The lowest BCUT2D eigenvalue weighted by Crippen LogP contribution is -2.62.